The van der Waals surface area contributed by atoms with Crippen LogP contribution in [-0.2, 0) is 10.0 Å². The van der Waals surface area contributed by atoms with Gasteiger partial charge >= 0.3 is 0 Å². The van der Waals surface area contributed by atoms with E-state index in [1.807, 2.05) is 0 Å². The largest absolute Gasteiger partial charge is 0.352 e. The van der Waals surface area contributed by atoms with Gasteiger partial charge in [0.25, 0.3) is 5.91 Å². The molecule has 0 saturated carbocycles. The standard InChI is InChI=1S/C17H27N3O3S/c1-24(22,23)19-16-9-7-15(8-10-16)17(21)18-11-6-14-20-12-4-2-3-5-13-20/h7-10,19H,2-6,11-14H2,1H3,(H,18,21). The zero-order valence-corrected chi connectivity index (χ0v) is 15.1. The molecule has 1 aliphatic rings. The average Bonchev–Trinajstić information content (AvgIpc) is 2.79. The molecule has 1 heterocycles. The van der Waals surface area contributed by atoms with E-state index < -0.39 is 10.0 Å². The molecule has 7 heteroatoms. The zero-order chi connectivity index (χ0) is 17.4. The van der Waals surface area contributed by atoms with Crippen LogP contribution in [0.3, 0.4) is 0 Å². The first-order valence-corrected chi connectivity index (χ1v) is 10.4. The summed E-state index contributed by atoms with van der Waals surface area (Å²) < 4.78 is 24.7. The Morgan fingerprint density at radius 1 is 1.08 bits per heavy atom. The summed E-state index contributed by atoms with van der Waals surface area (Å²) >= 11 is 0. The molecule has 0 aliphatic carbocycles. The fraction of sp³-hybridized carbons (Fsp3) is 0.588. The molecule has 0 spiro atoms. The Morgan fingerprint density at radius 2 is 1.71 bits per heavy atom. The average molecular weight is 353 g/mol. The van der Waals surface area contributed by atoms with Gasteiger partial charge in [-0.05, 0) is 63.2 Å². The lowest BCUT2D eigenvalue weighted by molar-refractivity contribution is 0.0951. The van der Waals surface area contributed by atoms with Crippen LogP contribution < -0.4 is 10.0 Å². The Balaban J connectivity index is 1.72. The maximum atomic E-state index is 12.1. The lowest BCUT2D eigenvalue weighted by Gasteiger charge is -2.19. The summed E-state index contributed by atoms with van der Waals surface area (Å²) in [6.45, 7) is 4.02. The summed E-state index contributed by atoms with van der Waals surface area (Å²) in [7, 11) is -3.30. The van der Waals surface area contributed by atoms with Crippen molar-refractivity contribution in [2.24, 2.45) is 0 Å². The van der Waals surface area contributed by atoms with Gasteiger partial charge < -0.3 is 10.2 Å². The second kappa shape index (κ2) is 9.03. The zero-order valence-electron chi connectivity index (χ0n) is 14.3. The highest BCUT2D eigenvalue weighted by Crippen LogP contribution is 2.11. The van der Waals surface area contributed by atoms with Gasteiger partial charge in [-0.2, -0.15) is 0 Å². The number of benzene rings is 1. The monoisotopic (exact) mass is 353 g/mol. The van der Waals surface area contributed by atoms with E-state index in [9.17, 15) is 13.2 Å². The van der Waals surface area contributed by atoms with E-state index in [4.69, 9.17) is 0 Å². The molecular formula is C17H27N3O3S. The molecule has 2 N–H and O–H groups in total. The van der Waals surface area contributed by atoms with Crippen LogP contribution in [0.25, 0.3) is 0 Å². The van der Waals surface area contributed by atoms with E-state index in [-0.39, 0.29) is 5.91 Å². The molecule has 24 heavy (non-hydrogen) atoms. The number of hydrogen-bond donors (Lipinski definition) is 2. The quantitative estimate of drug-likeness (QED) is 0.736. The van der Waals surface area contributed by atoms with E-state index in [2.05, 4.69) is 14.9 Å². The van der Waals surface area contributed by atoms with E-state index in [1.165, 1.54) is 38.8 Å². The van der Waals surface area contributed by atoms with Crippen molar-refractivity contribution in [3.05, 3.63) is 29.8 Å². The Morgan fingerprint density at radius 3 is 2.29 bits per heavy atom. The van der Waals surface area contributed by atoms with Gasteiger partial charge in [0.1, 0.15) is 0 Å². The predicted octanol–water partition coefficient (Wildman–Crippen LogP) is 2.05. The molecule has 2 rings (SSSR count). The number of rotatable bonds is 7. The van der Waals surface area contributed by atoms with Crippen molar-refractivity contribution in [3.63, 3.8) is 0 Å². The first-order chi connectivity index (χ1) is 11.4. The third-order valence-corrected chi connectivity index (χ3v) is 4.69. The van der Waals surface area contributed by atoms with Crippen molar-refractivity contribution in [2.45, 2.75) is 32.1 Å². The van der Waals surface area contributed by atoms with Gasteiger partial charge in [0.15, 0.2) is 0 Å². The van der Waals surface area contributed by atoms with Gasteiger partial charge in [-0.25, -0.2) is 8.42 Å². The molecule has 0 atom stereocenters. The fourth-order valence-corrected chi connectivity index (χ4v) is 3.43. The first-order valence-electron chi connectivity index (χ1n) is 8.52. The summed E-state index contributed by atoms with van der Waals surface area (Å²) in [5.74, 6) is -0.128. The van der Waals surface area contributed by atoms with Crippen LogP contribution in [0.2, 0.25) is 0 Å². The number of sulfonamides is 1. The Bertz CT molecular complexity index is 621. The van der Waals surface area contributed by atoms with E-state index >= 15 is 0 Å². The Hall–Kier alpha value is -1.60. The maximum Gasteiger partial charge on any atom is 0.251 e. The molecule has 0 unspecified atom stereocenters. The number of hydrogen-bond acceptors (Lipinski definition) is 4. The van der Waals surface area contributed by atoms with Crippen LogP contribution in [0.1, 0.15) is 42.5 Å². The molecule has 1 aliphatic heterocycles. The topological polar surface area (TPSA) is 78.5 Å². The highest BCUT2D eigenvalue weighted by atomic mass is 32.2. The molecule has 134 valence electrons. The van der Waals surface area contributed by atoms with Crippen LogP contribution in [0.4, 0.5) is 5.69 Å². The Kier molecular flexibility index (Phi) is 7.05. The molecule has 0 radical (unpaired) electrons. The van der Waals surface area contributed by atoms with Gasteiger partial charge in [-0.1, -0.05) is 12.8 Å². The number of likely N-dealkylation sites (tertiary alicyclic amines) is 1. The van der Waals surface area contributed by atoms with Crippen molar-refractivity contribution in [1.82, 2.24) is 10.2 Å². The van der Waals surface area contributed by atoms with Crippen LogP contribution in [0.5, 0.6) is 0 Å². The lowest BCUT2D eigenvalue weighted by atomic mass is 10.2. The fourth-order valence-electron chi connectivity index (χ4n) is 2.87. The van der Waals surface area contributed by atoms with E-state index in [0.717, 1.165) is 19.2 Å². The minimum atomic E-state index is -3.30. The number of carbonyl (C=O) groups is 1. The third kappa shape index (κ3) is 6.88. The Labute approximate surface area is 144 Å². The van der Waals surface area contributed by atoms with E-state index in [0.29, 0.717) is 17.8 Å². The normalized spacial score (nSPS) is 16.4. The second-order valence-electron chi connectivity index (χ2n) is 6.32. The summed E-state index contributed by atoms with van der Waals surface area (Å²) in [5, 5.41) is 2.92. The highest BCUT2D eigenvalue weighted by Gasteiger charge is 2.09. The van der Waals surface area contributed by atoms with Gasteiger partial charge in [0.2, 0.25) is 10.0 Å². The SMILES string of the molecule is CS(=O)(=O)Nc1ccc(C(=O)NCCCN2CCCCCC2)cc1. The summed E-state index contributed by atoms with van der Waals surface area (Å²) in [4.78, 5) is 14.6. The third-order valence-electron chi connectivity index (χ3n) is 4.09. The highest BCUT2D eigenvalue weighted by molar-refractivity contribution is 7.92. The van der Waals surface area contributed by atoms with Crippen LogP contribution in [-0.4, -0.2) is 51.7 Å². The van der Waals surface area contributed by atoms with Crippen molar-refractivity contribution in [3.8, 4) is 0 Å². The molecule has 1 aromatic rings. The van der Waals surface area contributed by atoms with Gasteiger partial charge in [0, 0.05) is 17.8 Å². The lowest BCUT2D eigenvalue weighted by Crippen LogP contribution is -2.30. The van der Waals surface area contributed by atoms with Crippen molar-refractivity contribution < 1.29 is 13.2 Å². The number of nitrogens with zero attached hydrogens (tertiary/aromatic N) is 1. The van der Waals surface area contributed by atoms with Crippen molar-refractivity contribution in [1.29, 1.82) is 0 Å². The molecule has 6 nitrogen and oxygen atoms in total. The second-order valence-corrected chi connectivity index (χ2v) is 8.07. The molecule has 0 aromatic heterocycles. The minimum absolute atomic E-state index is 0.128. The summed E-state index contributed by atoms with van der Waals surface area (Å²) in [6.07, 6.45) is 7.26. The van der Waals surface area contributed by atoms with Crippen LogP contribution in [0, 0.1) is 0 Å². The summed E-state index contributed by atoms with van der Waals surface area (Å²) in [6, 6.07) is 6.43. The molecule has 1 amide bonds. The number of nitrogens with one attached hydrogen (secondary N) is 2. The number of anilines is 1. The number of amides is 1. The minimum Gasteiger partial charge on any atom is -0.352 e. The molecule has 1 aromatic carbocycles. The predicted molar refractivity (Wildman–Crippen MR) is 96.8 cm³/mol. The molecular weight excluding hydrogens is 326 g/mol. The van der Waals surface area contributed by atoms with Gasteiger partial charge in [-0.3, -0.25) is 9.52 Å². The maximum absolute atomic E-state index is 12.1. The van der Waals surface area contributed by atoms with Crippen molar-refractivity contribution in [2.75, 3.05) is 37.2 Å². The van der Waals surface area contributed by atoms with E-state index in [1.54, 1.807) is 24.3 Å². The van der Waals surface area contributed by atoms with Gasteiger partial charge in [-0.15, -0.1) is 0 Å². The van der Waals surface area contributed by atoms with Crippen molar-refractivity contribution >= 4 is 21.6 Å². The van der Waals surface area contributed by atoms with Crippen LogP contribution in [0.15, 0.2) is 24.3 Å². The number of carbonyl (C=O) groups excluding carboxylic acids is 1. The smallest absolute Gasteiger partial charge is 0.251 e. The molecule has 0 bridgehead atoms. The first kappa shape index (κ1) is 18.7. The summed E-state index contributed by atoms with van der Waals surface area (Å²) in [5.41, 5.74) is 0.985. The van der Waals surface area contributed by atoms with Gasteiger partial charge in [0.05, 0.1) is 6.26 Å². The molecule has 1 fully saturated rings. The molecule has 1 saturated heterocycles. The van der Waals surface area contributed by atoms with Crippen LogP contribution >= 0.6 is 0 Å².